The van der Waals surface area contributed by atoms with Crippen LogP contribution in [0.2, 0.25) is 0 Å². The molecule has 2 saturated heterocycles. The van der Waals surface area contributed by atoms with Gasteiger partial charge in [-0.3, -0.25) is 4.79 Å². The fourth-order valence-electron chi connectivity index (χ4n) is 5.14. The van der Waals surface area contributed by atoms with Gasteiger partial charge in [-0.1, -0.05) is 24.6 Å². The highest BCUT2D eigenvalue weighted by molar-refractivity contribution is 5.85. The summed E-state index contributed by atoms with van der Waals surface area (Å²) in [4.78, 5) is 12.5. The molecule has 2 heterocycles. The number of benzene rings is 1. The molecule has 1 saturated carbocycles. The number of amides is 1. The highest BCUT2D eigenvalue weighted by atomic mass is 35.5. The number of halogens is 4. The lowest BCUT2D eigenvalue weighted by molar-refractivity contribution is -0.137. The van der Waals surface area contributed by atoms with E-state index in [-0.39, 0.29) is 23.7 Å². The third-order valence-electron chi connectivity index (χ3n) is 6.78. The molecule has 7 heteroatoms. The van der Waals surface area contributed by atoms with Gasteiger partial charge in [0.05, 0.1) is 5.56 Å². The van der Waals surface area contributed by atoms with E-state index in [0.717, 1.165) is 38.2 Å². The third-order valence-corrected chi connectivity index (χ3v) is 6.78. The molecule has 2 bridgehead atoms. The van der Waals surface area contributed by atoms with Gasteiger partial charge in [0, 0.05) is 30.5 Å². The molecule has 28 heavy (non-hydrogen) atoms. The fraction of sp³-hybridized carbons (Fsp3) is 0.667. The summed E-state index contributed by atoms with van der Waals surface area (Å²) in [6.07, 6.45) is 3.38. The summed E-state index contributed by atoms with van der Waals surface area (Å²) < 4.78 is 39.1. The normalized spacial score (nSPS) is 28.2. The van der Waals surface area contributed by atoms with Gasteiger partial charge in [0.15, 0.2) is 0 Å². The zero-order valence-corrected chi connectivity index (χ0v) is 16.7. The summed E-state index contributed by atoms with van der Waals surface area (Å²) >= 11 is 0. The molecule has 0 spiro atoms. The molecule has 1 aromatic rings. The van der Waals surface area contributed by atoms with Crippen LogP contribution >= 0.6 is 12.4 Å². The van der Waals surface area contributed by atoms with E-state index >= 15 is 0 Å². The lowest BCUT2D eigenvalue weighted by atomic mass is 9.64. The Morgan fingerprint density at radius 1 is 1.18 bits per heavy atom. The summed E-state index contributed by atoms with van der Waals surface area (Å²) in [6, 6.07) is 6.74. The summed E-state index contributed by atoms with van der Waals surface area (Å²) in [6.45, 7) is 0.435. The minimum atomic E-state index is -4.33. The van der Waals surface area contributed by atoms with Crippen LogP contribution in [0.25, 0.3) is 0 Å². The van der Waals surface area contributed by atoms with Crippen molar-refractivity contribution in [2.75, 3.05) is 6.54 Å². The van der Waals surface area contributed by atoms with Crippen molar-refractivity contribution < 1.29 is 18.0 Å². The standard InChI is InChI=1S/C21H27F3N2O.ClH/c22-21(23,24)16-4-1-3-15(12-16)20(7-2-8-20)13-25-19(27)11-14-9-17-5-6-18(10-14)26-17;/h1,3-4,12,14,17-18,26H,2,5-11,13H2,(H,25,27);1H. The van der Waals surface area contributed by atoms with Crippen molar-refractivity contribution in [2.24, 2.45) is 5.92 Å². The van der Waals surface area contributed by atoms with Crippen LogP contribution in [-0.4, -0.2) is 24.5 Å². The Morgan fingerprint density at radius 3 is 2.43 bits per heavy atom. The first-order chi connectivity index (χ1) is 12.8. The van der Waals surface area contributed by atoms with E-state index in [1.807, 2.05) is 0 Å². The molecule has 1 aromatic carbocycles. The lowest BCUT2D eigenvalue weighted by Crippen LogP contribution is -2.46. The van der Waals surface area contributed by atoms with Crippen molar-refractivity contribution in [3.63, 3.8) is 0 Å². The monoisotopic (exact) mass is 416 g/mol. The molecule has 2 N–H and O–H groups in total. The molecule has 2 unspecified atom stereocenters. The first kappa shape index (κ1) is 21.4. The molecule has 4 rings (SSSR count). The second kappa shape index (κ2) is 8.23. The molecule has 3 nitrogen and oxygen atoms in total. The SMILES string of the molecule is Cl.O=C(CC1CC2CCC(C1)N2)NCC1(c2cccc(C(F)(F)F)c2)CCC1. The predicted octanol–water partition coefficient (Wildman–Crippen LogP) is 4.59. The number of hydrogen-bond acceptors (Lipinski definition) is 2. The number of carbonyl (C=O) groups excluding carboxylic acids is 1. The average Bonchev–Trinajstić information content (AvgIpc) is 2.92. The fourth-order valence-corrected chi connectivity index (χ4v) is 5.14. The number of carbonyl (C=O) groups is 1. The van der Waals surface area contributed by atoms with E-state index in [2.05, 4.69) is 10.6 Å². The smallest absolute Gasteiger partial charge is 0.355 e. The number of nitrogens with one attached hydrogen (secondary N) is 2. The molecule has 2 aliphatic heterocycles. The van der Waals surface area contributed by atoms with Crippen LogP contribution in [0, 0.1) is 5.92 Å². The van der Waals surface area contributed by atoms with Gasteiger partial charge in [0.2, 0.25) is 5.91 Å². The van der Waals surface area contributed by atoms with Gasteiger partial charge in [-0.25, -0.2) is 0 Å². The summed E-state index contributed by atoms with van der Waals surface area (Å²) in [5.74, 6) is 0.467. The highest BCUT2D eigenvalue weighted by Crippen LogP contribution is 2.44. The molecule has 3 aliphatic rings. The molecule has 156 valence electrons. The first-order valence-electron chi connectivity index (χ1n) is 10.0. The van der Waals surface area contributed by atoms with Crippen LogP contribution in [0.5, 0.6) is 0 Å². The van der Waals surface area contributed by atoms with E-state index in [9.17, 15) is 18.0 Å². The van der Waals surface area contributed by atoms with Crippen LogP contribution in [0.4, 0.5) is 13.2 Å². The minimum Gasteiger partial charge on any atom is -0.355 e. The first-order valence-corrected chi connectivity index (χ1v) is 10.0. The maximum Gasteiger partial charge on any atom is 0.416 e. The minimum absolute atomic E-state index is 0. The van der Waals surface area contributed by atoms with E-state index < -0.39 is 11.7 Å². The quantitative estimate of drug-likeness (QED) is 0.737. The molecule has 2 atom stereocenters. The number of hydrogen-bond donors (Lipinski definition) is 2. The Hall–Kier alpha value is -1.27. The molecule has 1 amide bonds. The summed E-state index contributed by atoms with van der Waals surface area (Å²) in [7, 11) is 0. The molecule has 1 aliphatic carbocycles. The maximum atomic E-state index is 13.0. The number of piperidine rings is 1. The number of rotatable bonds is 5. The van der Waals surface area contributed by atoms with Gasteiger partial charge < -0.3 is 10.6 Å². The van der Waals surface area contributed by atoms with Crippen molar-refractivity contribution in [2.45, 2.75) is 75.0 Å². The summed E-state index contributed by atoms with van der Waals surface area (Å²) in [5, 5.41) is 6.62. The van der Waals surface area contributed by atoms with Crippen LogP contribution in [0.15, 0.2) is 24.3 Å². The third kappa shape index (κ3) is 4.48. The van der Waals surface area contributed by atoms with Crippen LogP contribution in [0.1, 0.15) is 62.5 Å². The Kier molecular flexibility index (Phi) is 6.30. The Bertz CT molecular complexity index is 693. The molecular weight excluding hydrogens is 389 g/mol. The average molecular weight is 417 g/mol. The van der Waals surface area contributed by atoms with Gasteiger partial charge in [-0.2, -0.15) is 13.2 Å². The van der Waals surface area contributed by atoms with E-state index in [1.54, 1.807) is 6.07 Å². The van der Waals surface area contributed by atoms with Crippen LogP contribution in [0.3, 0.4) is 0 Å². The topological polar surface area (TPSA) is 41.1 Å². The van der Waals surface area contributed by atoms with Crippen LogP contribution in [-0.2, 0) is 16.4 Å². The van der Waals surface area contributed by atoms with E-state index in [1.165, 1.54) is 25.0 Å². The molecule has 3 fully saturated rings. The molecular formula is C21H28ClF3N2O. The Morgan fingerprint density at radius 2 is 1.86 bits per heavy atom. The second-order valence-electron chi connectivity index (χ2n) is 8.67. The van der Waals surface area contributed by atoms with Gasteiger partial charge in [-0.05, 0) is 56.1 Å². The van der Waals surface area contributed by atoms with Crippen molar-refractivity contribution in [3.8, 4) is 0 Å². The van der Waals surface area contributed by atoms with E-state index in [0.29, 0.717) is 36.5 Å². The van der Waals surface area contributed by atoms with Crippen LogP contribution < -0.4 is 10.6 Å². The van der Waals surface area contributed by atoms with Crippen molar-refractivity contribution in [1.82, 2.24) is 10.6 Å². The van der Waals surface area contributed by atoms with Crippen molar-refractivity contribution in [1.29, 1.82) is 0 Å². The second-order valence-corrected chi connectivity index (χ2v) is 8.67. The maximum absolute atomic E-state index is 13.0. The Labute approximate surface area is 170 Å². The Balaban J connectivity index is 0.00000225. The van der Waals surface area contributed by atoms with Crippen molar-refractivity contribution >= 4 is 18.3 Å². The molecule has 0 aromatic heterocycles. The zero-order valence-electron chi connectivity index (χ0n) is 15.9. The predicted molar refractivity (Wildman–Crippen MR) is 105 cm³/mol. The number of alkyl halides is 3. The largest absolute Gasteiger partial charge is 0.416 e. The zero-order chi connectivity index (χ0) is 19.1. The highest BCUT2D eigenvalue weighted by Gasteiger charge is 2.41. The van der Waals surface area contributed by atoms with Gasteiger partial charge >= 0.3 is 6.18 Å². The van der Waals surface area contributed by atoms with Crippen molar-refractivity contribution in [3.05, 3.63) is 35.4 Å². The van der Waals surface area contributed by atoms with E-state index in [4.69, 9.17) is 0 Å². The number of fused-ring (bicyclic) bond motifs is 2. The lowest BCUT2D eigenvalue weighted by Gasteiger charge is -2.43. The molecule has 0 radical (unpaired) electrons. The van der Waals surface area contributed by atoms with Gasteiger partial charge in [0.1, 0.15) is 0 Å². The summed E-state index contributed by atoms with van der Waals surface area (Å²) in [5.41, 5.74) is -0.254. The van der Waals surface area contributed by atoms with Gasteiger partial charge in [-0.15, -0.1) is 12.4 Å². The van der Waals surface area contributed by atoms with Gasteiger partial charge in [0.25, 0.3) is 0 Å².